The van der Waals surface area contributed by atoms with Crippen molar-refractivity contribution >= 4 is 52.4 Å². The zero-order valence-corrected chi connectivity index (χ0v) is 23.1. The Balaban J connectivity index is 1.74. The predicted octanol–water partition coefficient (Wildman–Crippen LogP) is 5.54. The van der Waals surface area contributed by atoms with Crippen LogP contribution >= 0.6 is 23.2 Å². The van der Waals surface area contributed by atoms with E-state index in [9.17, 15) is 28.3 Å². The van der Waals surface area contributed by atoms with Crippen LogP contribution in [0.25, 0.3) is 0 Å². The first-order chi connectivity index (χ1) is 18.5. The molecule has 13 heteroatoms. The molecule has 2 saturated heterocycles. The van der Waals surface area contributed by atoms with E-state index in [0.29, 0.717) is 6.07 Å². The van der Waals surface area contributed by atoms with Gasteiger partial charge in [-0.1, -0.05) is 44.0 Å². The molecule has 3 heterocycles. The maximum atomic E-state index is 15.0. The highest BCUT2D eigenvalue weighted by Gasteiger charge is 2.75. The first kappa shape index (κ1) is 28.6. The quantitative estimate of drug-likeness (QED) is 0.449. The van der Waals surface area contributed by atoms with Gasteiger partial charge in [0, 0.05) is 46.4 Å². The Kier molecular flexibility index (Phi) is 6.67. The number of alkyl halides is 2. The molecule has 40 heavy (non-hydrogen) atoms. The van der Waals surface area contributed by atoms with Gasteiger partial charge >= 0.3 is 5.97 Å². The lowest BCUT2D eigenvalue weighted by molar-refractivity contribution is -0.153. The summed E-state index contributed by atoms with van der Waals surface area (Å²) in [5, 5.41) is 13.1. The fraction of sp³-hybridized carbons (Fsp3) is 0.444. The first-order valence-electron chi connectivity index (χ1n) is 12.4. The van der Waals surface area contributed by atoms with Gasteiger partial charge in [-0.05, 0) is 29.7 Å². The number of amides is 2. The number of carbonyl (C=O) groups excluding carboxylic acids is 2. The van der Waals surface area contributed by atoms with Crippen LogP contribution in [0.3, 0.4) is 0 Å². The summed E-state index contributed by atoms with van der Waals surface area (Å²) in [7, 11) is 0. The standard InChI is InChI=1S/C27H25Cl2F4N3O4/c1-25(2,3)10-35(15-5-12(28)4-13(29)6-15)22(37)19-18-9-26(32,33)11-36(18)27(20(19)23(38)39)16-7-14(30)8-17(31)21(16)34-24(27)40/h4-8,18-20H,9-11H2,1-3H3,(H,34,40)(H,38,39)/t18-,19+,20-,27+/m1/s1. The van der Waals surface area contributed by atoms with Crippen molar-refractivity contribution in [2.24, 2.45) is 17.3 Å². The first-order valence-corrected chi connectivity index (χ1v) is 13.2. The molecule has 0 aliphatic carbocycles. The number of fused-ring (bicyclic) bond motifs is 4. The second-order valence-corrected chi connectivity index (χ2v) is 12.6. The number of aliphatic carboxylic acids is 1. The van der Waals surface area contributed by atoms with Crippen molar-refractivity contribution in [2.45, 2.75) is 44.7 Å². The lowest BCUT2D eigenvalue weighted by Gasteiger charge is -2.36. The third kappa shape index (κ3) is 4.42. The number of carbonyl (C=O) groups is 3. The molecule has 3 aliphatic heterocycles. The Morgan fingerprint density at radius 3 is 2.33 bits per heavy atom. The SMILES string of the molecule is CC(C)(C)CN(C(=O)[C@H]1[C@H]2CC(F)(F)CN2[C@]2(C(=O)Nc3c(F)cc(F)cc32)[C@H]1C(=O)O)c1cc(Cl)cc(Cl)c1. The lowest BCUT2D eigenvalue weighted by Crippen LogP contribution is -2.54. The Labute approximate surface area is 237 Å². The van der Waals surface area contributed by atoms with Crippen LogP contribution in [0, 0.1) is 28.9 Å². The summed E-state index contributed by atoms with van der Waals surface area (Å²) in [6.45, 7) is 4.36. The average Bonchev–Trinajstić information content (AvgIpc) is 3.37. The molecule has 0 bridgehead atoms. The van der Waals surface area contributed by atoms with Crippen molar-refractivity contribution in [3.63, 3.8) is 0 Å². The van der Waals surface area contributed by atoms with E-state index in [1.165, 1.54) is 23.1 Å². The van der Waals surface area contributed by atoms with Crippen LogP contribution in [0.2, 0.25) is 10.0 Å². The number of nitrogens with zero attached hydrogens (tertiary/aromatic N) is 2. The molecule has 2 aromatic rings. The van der Waals surface area contributed by atoms with Crippen LogP contribution in [-0.2, 0) is 19.9 Å². The third-order valence-corrected chi connectivity index (χ3v) is 8.08. The minimum absolute atomic E-state index is 0.00744. The van der Waals surface area contributed by atoms with E-state index in [0.717, 1.165) is 11.0 Å². The summed E-state index contributed by atoms with van der Waals surface area (Å²) in [5.74, 6) is -13.0. The van der Waals surface area contributed by atoms with Crippen molar-refractivity contribution in [1.29, 1.82) is 0 Å². The van der Waals surface area contributed by atoms with Crippen molar-refractivity contribution in [2.75, 3.05) is 23.3 Å². The van der Waals surface area contributed by atoms with E-state index in [4.69, 9.17) is 23.2 Å². The van der Waals surface area contributed by atoms with Gasteiger partial charge in [-0.2, -0.15) is 0 Å². The van der Waals surface area contributed by atoms with Crippen LogP contribution in [0.1, 0.15) is 32.8 Å². The maximum absolute atomic E-state index is 15.0. The van der Waals surface area contributed by atoms with E-state index in [1.54, 1.807) is 0 Å². The highest BCUT2D eigenvalue weighted by molar-refractivity contribution is 6.35. The number of halogens is 6. The van der Waals surface area contributed by atoms with Gasteiger partial charge in [-0.15, -0.1) is 0 Å². The molecule has 2 aromatic carbocycles. The van der Waals surface area contributed by atoms with E-state index >= 15 is 8.78 Å². The smallest absolute Gasteiger partial charge is 0.310 e. The topological polar surface area (TPSA) is 90.0 Å². The van der Waals surface area contributed by atoms with Crippen LogP contribution in [-0.4, -0.2) is 52.8 Å². The van der Waals surface area contributed by atoms with Crippen LogP contribution in [0.4, 0.5) is 28.9 Å². The number of hydrogen-bond acceptors (Lipinski definition) is 4. The number of anilines is 2. The van der Waals surface area contributed by atoms with E-state index in [1.807, 2.05) is 20.8 Å². The molecule has 4 atom stereocenters. The van der Waals surface area contributed by atoms with Crippen LogP contribution in [0.5, 0.6) is 0 Å². The zero-order valence-electron chi connectivity index (χ0n) is 21.6. The molecule has 1 spiro atoms. The van der Waals surface area contributed by atoms with Gasteiger partial charge in [0.05, 0.1) is 18.2 Å². The molecule has 0 aromatic heterocycles. The second kappa shape index (κ2) is 9.32. The largest absolute Gasteiger partial charge is 0.481 e. The molecule has 0 radical (unpaired) electrons. The van der Waals surface area contributed by atoms with Gasteiger partial charge < -0.3 is 15.3 Å². The second-order valence-electron chi connectivity index (χ2n) is 11.7. The Morgan fingerprint density at radius 2 is 1.75 bits per heavy atom. The van der Waals surface area contributed by atoms with Gasteiger partial charge in [-0.3, -0.25) is 19.3 Å². The molecule has 0 unspecified atom stereocenters. The van der Waals surface area contributed by atoms with Gasteiger partial charge in [0.2, 0.25) is 5.91 Å². The van der Waals surface area contributed by atoms with Crippen molar-refractivity contribution in [3.05, 3.63) is 57.6 Å². The van der Waals surface area contributed by atoms with E-state index in [2.05, 4.69) is 5.32 Å². The number of carboxylic acids is 1. The molecule has 3 aliphatic rings. The molecule has 2 amide bonds. The minimum atomic E-state index is -3.41. The average molecular weight is 602 g/mol. The number of benzene rings is 2. The summed E-state index contributed by atoms with van der Waals surface area (Å²) in [6, 6.07) is 4.11. The molecule has 7 nitrogen and oxygen atoms in total. The molecule has 5 rings (SSSR count). The Bertz CT molecular complexity index is 1430. The highest BCUT2D eigenvalue weighted by atomic mass is 35.5. The number of hydrogen-bond donors (Lipinski definition) is 2. The predicted molar refractivity (Wildman–Crippen MR) is 140 cm³/mol. The van der Waals surface area contributed by atoms with E-state index < -0.39 is 88.4 Å². The summed E-state index contributed by atoms with van der Waals surface area (Å²) in [5.41, 5.74) is -3.77. The van der Waals surface area contributed by atoms with Gasteiger partial charge in [0.15, 0.2) is 0 Å². The number of rotatable bonds is 4. The third-order valence-electron chi connectivity index (χ3n) is 7.65. The van der Waals surface area contributed by atoms with E-state index in [-0.39, 0.29) is 22.3 Å². The van der Waals surface area contributed by atoms with Crippen molar-refractivity contribution < 1.29 is 37.1 Å². The highest BCUT2D eigenvalue weighted by Crippen LogP contribution is 2.60. The molecule has 2 N–H and O–H groups in total. The van der Waals surface area contributed by atoms with Gasteiger partial charge in [-0.25, -0.2) is 17.6 Å². The molecule has 214 valence electrons. The van der Waals surface area contributed by atoms with Crippen LogP contribution < -0.4 is 10.2 Å². The van der Waals surface area contributed by atoms with Crippen LogP contribution in [0.15, 0.2) is 30.3 Å². The Hall–Kier alpha value is -2.89. The van der Waals surface area contributed by atoms with Gasteiger partial charge in [0.1, 0.15) is 23.1 Å². The summed E-state index contributed by atoms with van der Waals surface area (Å²) < 4.78 is 59.3. The summed E-state index contributed by atoms with van der Waals surface area (Å²) >= 11 is 12.4. The number of nitrogens with one attached hydrogen (secondary N) is 1. The van der Waals surface area contributed by atoms with Crippen molar-refractivity contribution in [1.82, 2.24) is 4.90 Å². The number of carboxylic acid groups (broad SMARTS) is 1. The lowest BCUT2D eigenvalue weighted by atomic mass is 9.73. The molecule has 2 fully saturated rings. The summed E-state index contributed by atoms with van der Waals surface area (Å²) in [6.07, 6.45) is -0.936. The normalized spacial score (nSPS) is 27.0. The Morgan fingerprint density at radius 1 is 1.12 bits per heavy atom. The zero-order chi connectivity index (χ0) is 29.5. The summed E-state index contributed by atoms with van der Waals surface area (Å²) in [4.78, 5) is 43.2. The molecular weight excluding hydrogens is 577 g/mol. The minimum Gasteiger partial charge on any atom is -0.481 e. The fourth-order valence-electron chi connectivity index (χ4n) is 6.43. The van der Waals surface area contributed by atoms with Crippen molar-refractivity contribution in [3.8, 4) is 0 Å². The maximum Gasteiger partial charge on any atom is 0.310 e. The molecule has 0 saturated carbocycles. The van der Waals surface area contributed by atoms with Gasteiger partial charge in [0.25, 0.3) is 11.8 Å². The molecular formula is C27H25Cl2F4N3O4. The fourth-order valence-corrected chi connectivity index (χ4v) is 6.94. The monoisotopic (exact) mass is 601 g/mol.